The lowest BCUT2D eigenvalue weighted by atomic mass is 10.4. The maximum atomic E-state index is 11.4. The third-order valence-electron chi connectivity index (χ3n) is 2.27. The minimum absolute atomic E-state index is 0.0325. The summed E-state index contributed by atoms with van der Waals surface area (Å²) in [4.78, 5) is 11.4. The predicted molar refractivity (Wildman–Crippen MR) is 70.3 cm³/mol. The number of nitrogens with one attached hydrogen (secondary N) is 2. The van der Waals surface area contributed by atoms with E-state index in [1.807, 2.05) is 6.92 Å². The SMILES string of the molecule is CNC(=O)C(C)Sc1nnnn1CCNC(C)C. The van der Waals surface area contributed by atoms with Gasteiger partial charge in [-0.05, 0) is 17.4 Å². The Kier molecular flexibility index (Phi) is 6.06. The Morgan fingerprint density at radius 1 is 1.44 bits per heavy atom. The molecule has 0 aliphatic carbocycles. The summed E-state index contributed by atoms with van der Waals surface area (Å²) in [6.07, 6.45) is 0. The minimum atomic E-state index is -0.210. The molecule has 102 valence electrons. The zero-order valence-electron chi connectivity index (χ0n) is 11.2. The molecule has 0 saturated heterocycles. The van der Waals surface area contributed by atoms with Gasteiger partial charge in [0, 0.05) is 19.6 Å². The van der Waals surface area contributed by atoms with E-state index < -0.39 is 0 Å². The fourth-order valence-corrected chi connectivity index (χ4v) is 2.17. The molecule has 1 atom stereocenters. The maximum absolute atomic E-state index is 11.4. The van der Waals surface area contributed by atoms with Crippen molar-refractivity contribution in [1.29, 1.82) is 0 Å². The van der Waals surface area contributed by atoms with Crippen LogP contribution in [0.25, 0.3) is 0 Å². The van der Waals surface area contributed by atoms with E-state index in [9.17, 15) is 4.79 Å². The summed E-state index contributed by atoms with van der Waals surface area (Å²) in [6, 6.07) is 0.433. The topological polar surface area (TPSA) is 84.7 Å². The van der Waals surface area contributed by atoms with Gasteiger partial charge in [-0.15, -0.1) is 5.10 Å². The van der Waals surface area contributed by atoms with E-state index >= 15 is 0 Å². The van der Waals surface area contributed by atoms with Gasteiger partial charge in [-0.3, -0.25) is 4.79 Å². The molecule has 0 saturated carbocycles. The highest BCUT2D eigenvalue weighted by Gasteiger charge is 2.17. The zero-order valence-corrected chi connectivity index (χ0v) is 12.0. The van der Waals surface area contributed by atoms with Gasteiger partial charge in [0.2, 0.25) is 11.1 Å². The molecular weight excluding hydrogens is 252 g/mol. The number of carbonyl (C=O) groups is 1. The first kappa shape index (κ1) is 14.9. The van der Waals surface area contributed by atoms with Crippen LogP contribution in [0.2, 0.25) is 0 Å². The number of thioether (sulfide) groups is 1. The Bertz CT molecular complexity index is 380. The second-order valence-electron chi connectivity index (χ2n) is 4.17. The Morgan fingerprint density at radius 2 is 2.17 bits per heavy atom. The molecule has 1 unspecified atom stereocenters. The van der Waals surface area contributed by atoms with Crippen LogP contribution >= 0.6 is 11.8 Å². The molecular formula is C10H20N6OS. The summed E-state index contributed by atoms with van der Waals surface area (Å²) >= 11 is 1.36. The van der Waals surface area contributed by atoms with Crippen molar-refractivity contribution < 1.29 is 4.79 Å². The number of nitrogens with zero attached hydrogens (tertiary/aromatic N) is 4. The largest absolute Gasteiger partial charge is 0.358 e. The number of hydrogen-bond acceptors (Lipinski definition) is 6. The predicted octanol–water partition coefficient (Wildman–Crippen LogP) is -0.102. The van der Waals surface area contributed by atoms with Crippen molar-refractivity contribution >= 4 is 17.7 Å². The molecule has 1 amide bonds. The Hall–Kier alpha value is -1.15. The summed E-state index contributed by atoms with van der Waals surface area (Å²) in [5, 5.41) is 17.8. The van der Waals surface area contributed by atoms with Crippen molar-refractivity contribution in [2.45, 2.75) is 43.8 Å². The summed E-state index contributed by atoms with van der Waals surface area (Å²) in [7, 11) is 1.62. The van der Waals surface area contributed by atoms with Gasteiger partial charge in [-0.25, -0.2) is 4.68 Å². The molecule has 0 spiro atoms. The molecule has 0 fully saturated rings. The smallest absolute Gasteiger partial charge is 0.233 e. The summed E-state index contributed by atoms with van der Waals surface area (Å²) < 4.78 is 1.71. The van der Waals surface area contributed by atoms with Crippen molar-refractivity contribution in [1.82, 2.24) is 30.8 Å². The first-order chi connectivity index (χ1) is 8.54. The monoisotopic (exact) mass is 272 g/mol. The third-order valence-corrected chi connectivity index (χ3v) is 3.34. The van der Waals surface area contributed by atoms with Crippen LogP contribution in [0.1, 0.15) is 20.8 Å². The van der Waals surface area contributed by atoms with Gasteiger partial charge in [-0.2, -0.15) is 0 Å². The summed E-state index contributed by atoms with van der Waals surface area (Å²) in [5.41, 5.74) is 0. The zero-order chi connectivity index (χ0) is 13.5. The number of amides is 1. The molecule has 0 aliphatic rings. The molecule has 8 heteroatoms. The van der Waals surface area contributed by atoms with E-state index in [2.05, 4.69) is 40.0 Å². The van der Waals surface area contributed by atoms with Gasteiger partial charge >= 0.3 is 0 Å². The quantitative estimate of drug-likeness (QED) is 0.674. The van der Waals surface area contributed by atoms with Crippen LogP contribution in [-0.2, 0) is 11.3 Å². The molecule has 1 heterocycles. The maximum Gasteiger partial charge on any atom is 0.233 e. The van der Waals surface area contributed by atoms with E-state index in [1.165, 1.54) is 11.8 Å². The van der Waals surface area contributed by atoms with Crippen LogP contribution in [0.4, 0.5) is 0 Å². The Balaban J connectivity index is 2.51. The minimum Gasteiger partial charge on any atom is -0.358 e. The molecule has 0 bridgehead atoms. The van der Waals surface area contributed by atoms with Crippen LogP contribution in [0.15, 0.2) is 5.16 Å². The first-order valence-electron chi connectivity index (χ1n) is 5.92. The third kappa shape index (κ3) is 4.61. The highest BCUT2D eigenvalue weighted by molar-refractivity contribution is 8.00. The van der Waals surface area contributed by atoms with E-state index in [-0.39, 0.29) is 11.2 Å². The average molecular weight is 272 g/mol. The van der Waals surface area contributed by atoms with Crippen molar-refractivity contribution in [3.8, 4) is 0 Å². The van der Waals surface area contributed by atoms with Crippen LogP contribution in [0, 0.1) is 0 Å². The van der Waals surface area contributed by atoms with Crippen LogP contribution in [-0.4, -0.2) is 51.0 Å². The van der Waals surface area contributed by atoms with Crippen LogP contribution < -0.4 is 10.6 Å². The Labute approximate surface area is 111 Å². The number of rotatable bonds is 7. The van der Waals surface area contributed by atoms with E-state index in [4.69, 9.17) is 0 Å². The fourth-order valence-electron chi connectivity index (χ4n) is 1.30. The van der Waals surface area contributed by atoms with Gasteiger partial charge in [-0.1, -0.05) is 25.6 Å². The molecule has 0 aromatic carbocycles. The van der Waals surface area contributed by atoms with Crippen LogP contribution in [0.5, 0.6) is 0 Å². The van der Waals surface area contributed by atoms with E-state index in [1.54, 1.807) is 11.7 Å². The van der Waals surface area contributed by atoms with Gasteiger partial charge in [0.25, 0.3) is 0 Å². The van der Waals surface area contributed by atoms with Crippen molar-refractivity contribution in [2.75, 3.05) is 13.6 Å². The van der Waals surface area contributed by atoms with Gasteiger partial charge in [0.1, 0.15) is 0 Å². The van der Waals surface area contributed by atoms with Gasteiger partial charge < -0.3 is 10.6 Å². The van der Waals surface area contributed by atoms with Gasteiger partial charge in [0.15, 0.2) is 0 Å². The normalized spacial score (nSPS) is 12.7. The highest BCUT2D eigenvalue weighted by Crippen LogP contribution is 2.19. The molecule has 1 aromatic heterocycles. The first-order valence-corrected chi connectivity index (χ1v) is 6.80. The lowest BCUT2D eigenvalue weighted by molar-refractivity contribution is -0.119. The molecule has 2 N–H and O–H groups in total. The second kappa shape index (κ2) is 7.32. The van der Waals surface area contributed by atoms with Crippen LogP contribution in [0.3, 0.4) is 0 Å². The second-order valence-corrected chi connectivity index (χ2v) is 5.48. The summed E-state index contributed by atoms with van der Waals surface area (Å²) in [6.45, 7) is 7.49. The van der Waals surface area contributed by atoms with Crippen molar-refractivity contribution in [3.63, 3.8) is 0 Å². The standard InChI is InChI=1S/C10H20N6OS/c1-7(2)12-5-6-16-10(13-14-15-16)18-8(3)9(17)11-4/h7-8,12H,5-6H2,1-4H3,(H,11,17). The molecule has 0 aliphatic heterocycles. The van der Waals surface area contributed by atoms with E-state index in [0.29, 0.717) is 17.7 Å². The number of tetrazole rings is 1. The van der Waals surface area contributed by atoms with Gasteiger partial charge in [0.05, 0.1) is 11.8 Å². The Morgan fingerprint density at radius 3 is 2.78 bits per heavy atom. The number of aromatic nitrogens is 4. The number of carbonyl (C=O) groups excluding carboxylic acids is 1. The average Bonchev–Trinajstić information content (AvgIpc) is 2.75. The highest BCUT2D eigenvalue weighted by atomic mass is 32.2. The number of hydrogen-bond donors (Lipinski definition) is 2. The molecule has 1 aromatic rings. The van der Waals surface area contributed by atoms with Crippen molar-refractivity contribution in [3.05, 3.63) is 0 Å². The molecule has 7 nitrogen and oxygen atoms in total. The summed E-state index contributed by atoms with van der Waals surface area (Å²) in [5.74, 6) is -0.0325. The molecule has 18 heavy (non-hydrogen) atoms. The lowest BCUT2D eigenvalue weighted by Gasteiger charge is -2.10. The van der Waals surface area contributed by atoms with Crippen molar-refractivity contribution in [2.24, 2.45) is 0 Å². The molecule has 0 radical (unpaired) electrons. The van der Waals surface area contributed by atoms with E-state index in [0.717, 1.165) is 6.54 Å². The fraction of sp³-hybridized carbons (Fsp3) is 0.800. The molecule has 1 rings (SSSR count). The lowest BCUT2D eigenvalue weighted by Crippen LogP contribution is -2.29.